The van der Waals surface area contributed by atoms with Crippen molar-refractivity contribution in [3.63, 3.8) is 0 Å². The third-order valence-electron chi connectivity index (χ3n) is 4.77. The number of ether oxygens (including phenoxy) is 1. The number of carbonyl (C=O) groups excluding carboxylic acids is 1. The number of aromatic nitrogens is 3. The SMILES string of the molecule is CCOC(=O)c1nc(Nc2cccc(C)c2C)c2c(-c3ccc(F)cc3)noc2n1. The molecule has 0 aliphatic rings. The van der Waals surface area contributed by atoms with Crippen LogP contribution in [0.5, 0.6) is 0 Å². The van der Waals surface area contributed by atoms with E-state index in [2.05, 4.69) is 20.4 Å². The Labute approximate surface area is 171 Å². The summed E-state index contributed by atoms with van der Waals surface area (Å²) in [6.45, 7) is 5.88. The zero-order valence-electron chi connectivity index (χ0n) is 16.7. The quantitative estimate of drug-likeness (QED) is 0.468. The summed E-state index contributed by atoms with van der Waals surface area (Å²) in [5, 5.41) is 7.84. The minimum atomic E-state index is -0.664. The molecule has 0 saturated carbocycles. The largest absolute Gasteiger partial charge is 0.460 e. The molecule has 30 heavy (non-hydrogen) atoms. The molecule has 0 radical (unpaired) electrons. The number of carbonyl (C=O) groups is 1. The lowest BCUT2D eigenvalue weighted by molar-refractivity contribution is 0.0512. The van der Waals surface area contributed by atoms with Crippen molar-refractivity contribution in [3.05, 3.63) is 65.2 Å². The molecule has 0 unspecified atom stereocenters. The molecule has 4 aromatic rings. The average molecular weight is 406 g/mol. The lowest BCUT2D eigenvalue weighted by Crippen LogP contribution is -2.11. The zero-order chi connectivity index (χ0) is 21.3. The molecular formula is C22H19FN4O3. The average Bonchev–Trinajstić information content (AvgIpc) is 3.16. The van der Waals surface area contributed by atoms with E-state index in [9.17, 15) is 9.18 Å². The van der Waals surface area contributed by atoms with E-state index < -0.39 is 5.97 Å². The first-order valence-corrected chi connectivity index (χ1v) is 9.41. The van der Waals surface area contributed by atoms with Gasteiger partial charge in [-0.2, -0.15) is 4.98 Å². The third-order valence-corrected chi connectivity index (χ3v) is 4.77. The number of hydrogen-bond acceptors (Lipinski definition) is 7. The van der Waals surface area contributed by atoms with Crippen LogP contribution in [-0.2, 0) is 4.74 Å². The first-order valence-electron chi connectivity index (χ1n) is 9.41. The van der Waals surface area contributed by atoms with Crippen molar-refractivity contribution >= 4 is 28.6 Å². The first-order chi connectivity index (χ1) is 14.5. The molecule has 8 heteroatoms. The Kier molecular flexibility index (Phi) is 5.14. The molecule has 0 bridgehead atoms. The Bertz CT molecular complexity index is 1240. The van der Waals surface area contributed by atoms with Crippen LogP contribution in [-0.4, -0.2) is 27.7 Å². The van der Waals surface area contributed by atoms with Gasteiger partial charge in [-0.25, -0.2) is 14.2 Å². The van der Waals surface area contributed by atoms with Gasteiger partial charge in [0.25, 0.3) is 5.71 Å². The lowest BCUT2D eigenvalue weighted by Gasteiger charge is -2.12. The zero-order valence-corrected chi connectivity index (χ0v) is 16.7. The topological polar surface area (TPSA) is 90.1 Å². The van der Waals surface area contributed by atoms with Crippen molar-refractivity contribution in [1.82, 2.24) is 15.1 Å². The molecule has 2 aromatic heterocycles. The van der Waals surface area contributed by atoms with Gasteiger partial charge in [-0.15, -0.1) is 0 Å². The van der Waals surface area contributed by atoms with Crippen molar-refractivity contribution in [1.29, 1.82) is 0 Å². The molecule has 0 amide bonds. The van der Waals surface area contributed by atoms with Crippen LogP contribution in [0.4, 0.5) is 15.9 Å². The van der Waals surface area contributed by atoms with Crippen molar-refractivity contribution in [2.45, 2.75) is 20.8 Å². The standard InChI is InChI=1S/C22H19FN4O3/c1-4-29-22(28)20-25-19(24-16-7-5-6-12(2)13(16)3)17-18(27-30-21(17)26-20)14-8-10-15(23)11-9-14/h5-11H,4H2,1-3H3,(H,24,25,26). The number of rotatable bonds is 5. The Hall–Kier alpha value is -3.81. The lowest BCUT2D eigenvalue weighted by atomic mass is 10.1. The Morgan fingerprint density at radius 1 is 1.13 bits per heavy atom. The van der Waals surface area contributed by atoms with E-state index in [4.69, 9.17) is 9.26 Å². The van der Waals surface area contributed by atoms with Gasteiger partial charge in [0, 0.05) is 11.3 Å². The molecule has 152 valence electrons. The fourth-order valence-corrected chi connectivity index (χ4v) is 3.05. The van der Waals surface area contributed by atoms with Crippen LogP contribution in [0.15, 0.2) is 47.0 Å². The number of nitrogens with one attached hydrogen (secondary N) is 1. The first kappa shape index (κ1) is 19.5. The highest BCUT2D eigenvalue weighted by Gasteiger charge is 2.22. The maximum Gasteiger partial charge on any atom is 0.376 e. The van der Waals surface area contributed by atoms with E-state index in [0.717, 1.165) is 16.8 Å². The molecule has 2 aromatic carbocycles. The number of nitrogens with zero attached hydrogens (tertiary/aromatic N) is 3. The summed E-state index contributed by atoms with van der Waals surface area (Å²) in [5.41, 5.74) is 4.14. The highest BCUT2D eigenvalue weighted by molar-refractivity contribution is 6.01. The molecule has 4 rings (SSSR count). The van der Waals surface area contributed by atoms with Crippen molar-refractivity contribution in [3.8, 4) is 11.3 Å². The van der Waals surface area contributed by atoms with Gasteiger partial charge in [0.15, 0.2) is 0 Å². The van der Waals surface area contributed by atoms with Gasteiger partial charge in [0.2, 0.25) is 5.82 Å². The predicted molar refractivity (Wildman–Crippen MR) is 110 cm³/mol. The number of hydrogen-bond donors (Lipinski definition) is 1. The predicted octanol–water partition coefficient (Wildman–Crippen LogP) is 4.96. The van der Waals surface area contributed by atoms with Gasteiger partial charge in [0.1, 0.15) is 22.7 Å². The summed E-state index contributed by atoms with van der Waals surface area (Å²) in [7, 11) is 0. The van der Waals surface area contributed by atoms with Crippen molar-refractivity contribution in [2.75, 3.05) is 11.9 Å². The Balaban J connectivity index is 1.91. The second-order valence-electron chi connectivity index (χ2n) is 6.71. The van der Waals surface area contributed by atoms with Crippen LogP contribution >= 0.6 is 0 Å². The summed E-state index contributed by atoms with van der Waals surface area (Å²) < 4.78 is 23.8. The van der Waals surface area contributed by atoms with Gasteiger partial charge in [-0.1, -0.05) is 17.3 Å². The van der Waals surface area contributed by atoms with Crippen LogP contribution in [0.2, 0.25) is 0 Å². The molecule has 0 spiro atoms. The Morgan fingerprint density at radius 3 is 2.63 bits per heavy atom. The number of benzene rings is 2. The van der Waals surface area contributed by atoms with Gasteiger partial charge < -0.3 is 14.6 Å². The maximum absolute atomic E-state index is 13.4. The number of esters is 1. The molecule has 0 fully saturated rings. The molecule has 0 aliphatic carbocycles. The van der Waals surface area contributed by atoms with Crippen LogP contribution in [0.3, 0.4) is 0 Å². The maximum atomic E-state index is 13.4. The second kappa shape index (κ2) is 7.90. The summed E-state index contributed by atoms with van der Waals surface area (Å²) in [5.74, 6) is -0.819. The number of aryl methyl sites for hydroxylation is 1. The number of halogens is 1. The fourth-order valence-electron chi connectivity index (χ4n) is 3.05. The summed E-state index contributed by atoms with van der Waals surface area (Å²) in [6.07, 6.45) is 0. The molecule has 0 atom stereocenters. The smallest absolute Gasteiger partial charge is 0.376 e. The summed E-state index contributed by atoms with van der Waals surface area (Å²) in [4.78, 5) is 20.8. The molecule has 0 aliphatic heterocycles. The molecule has 2 heterocycles. The van der Waals surface area contributed by atoms with Crippen molar-refractivity contribution in [2.24, 2.45) is 0 Å². The van der Waals surface area contributed by atoms with E-state index in [1.54, 1.807) is 19.1 Å². The van der Waals surface area contributed by atoms with Crippen LogP contribution in [0.1, 0.15) is 28.7 Å². The minimum absolute atomic E-state index is 0.125. The van der Waals surface area contributed by atoms with Gasteiger partial charge >= 0.3 is 5.97 Å². The second-order valence-corrected chi connectivity index (χ2v) is 6.71. The summed E-state index contributed by atoms with van der Waals surface area (Å²) >= 11 is 0. The molecule has 0 saturated heterocycles. The van der Waals surface area contributed by atoms with Gasteiger partial charge in [-0.3, -0.25) is 0 Å². The number of fused-ring (bicyclic) bond motifs is 1. The van der Waals surface area contributed by atoms with Crippen molar-refractivity contribution < 1.29 is 18.4 Å². The van der Waals surface area contributed by atoms with E-state index in [1.165, 1.54) is 12.1 Å². The monoisotopic (exact) mass is 406 g/mol. The molecular weight excluding hydrogens is 387 g/mol. The fraction of sp³-hybridized carbons (Fsp3) is 0.182. The third kappa shape index (κ3) is 3.59. The Morgan fingerprint density at radius 2 is 1.90 bits per heavy atom. The normalized spacial score (nSPS) is 10.9. The van der Waals surface area contributed by atoms with Gasteiger partial charge in [0.05, 0.1) is 6.61 Å². The van der Waals surface area contributed by atoms with Crippen LogP contribution < -0.4 is 5.32 Å². The van der Waals surface area contributed by atoms with E-state index in [0.29, 0.717) is 22.5 Å². The highest BCUT2D eigenvalue weighted by Crippen LogP contribution is 2.34. The molecule has 7 nitrogen and oxygen atoms in total. The highest BCUT2D eigenvalue weighted by atomic mass is 19.1. The minimum Gasteiger partial charge on any atom is -0.460 e. The number of anilines is 2. The van der Waals surface area contributed by atoms with Crippen LogP contribution in [0, 0.1) is 19.7 Å². The molecule has 1 N–H and O–H groups in total. The van der Waals surface area contributed by atoms with E-state index in [-0.39, 0.29) is 24.0 Å². The van der Waals surface area contributed by atoms with Crippen LogP contribution in [0.25, 0.3) is 22.4 Å². The van der Waals surface area contributed by atoms with Gasteiger partial charge in [-0.05, 0) is 62.2 Å². The van der Waals surface area contributed by atoms with E-state index >= 15 is 0 Å². The van der Waals surface area contributed by atoms with E-state index in [1.807, 2.05) is 32.0 Å². The summed E-state index contributed by atoms with van der Waals surface area (Å²) in [6, 6.07) is 11.7.